The summed E-state index contributed by atoms with van der Waals surface area (Å²) < 4.78 is 5.33. The number of amides is 1. The fourth-order valence-electron chi connectivity index (χ4n) is 3.32. The first kappa shape index (κ1) is 16.8. The molecule has 0 aliphatic carbocycles. The van der Waals surface area contributed by atoms with Crippen LogP contribution < -0.4 is 15.1 Å². The highest BCUT2D eigenvalue weighted by Gasteiger charge is 2.15. The highest BCUT2D eigenvalue weighted by molar-refractivity contribution is 6.02. The van der Waals surface area contributed by atoms with E-state index in [0.29, 0.717) is 18.9 Å². The number of hydrogen-bond acceptors (Lipinski definition) is 6. The van der Waals surface area contributed by atoms with Crippen LogP contribution in [0.3, 0.4) is 0 Å². The van der Waals surface area contributed by atoms with E-state index in [-0.39, 0.29) is 5.91 Å². The first-order chi connectivity index (χ1) is 12.8. The lowest BCUT2D eigenvalue weighted by atomic mass is 10.2. The molecule has 0 atom stereocenters. The second kappa shape index (κ2) is 7.70. The lowest BCUT2D eigenvalue weighted by Gasteiger charge is -2.27. The third-order valence-electron chi connectivity index (χ3n) is 4.80. The zero-order valence-corrected chi connectivity index (χ0v) is 14.7. The van der Waals surface area contributed by atoms with Gasteiger partial charge in [0.1, 0.15) is 11.5 Å². The van der Waals surface area contributed by atoms with Gasteiger partial charge in [-0.1, -0.05) is 0 Å². The maximum Gasteiger partial charge on any atom is 0.275 e. The van der Waals surface area contributed by atoms with Crippen molar-refractivity contribution in [2.45, 2.75) is 12.8 Å². The molecule has 1 aromatic carbocycles. The Morgan fingerprint density at radius 2 is 1.65 bits per heavy atom. The summed E-state index contributed by atoms with van der Waals surface area (Å²) >= 11 is 0. The molecule has 0 saturated carbocycles. The van der Waals surface area contributed by atoms with Gasteiger partial charge in [0, 0.05) is 37.6 Å². The third kappa shape index (κ3) is 3.77. The van der Waals surface area contributed by atoms with E-state index >= 15 is 0 Å². The molecule has 0 unspecified atom stereocenters. The predicted molar refractivity (Wildman–Crippen MR) is 101 cm³/mol. The maximum absolute atomic E-state index is 12.4. The molecule has 7 nitrogen and oxygen atoms in total. The van der Waals surface area contributed by atoms with Crippen molar-refractivity contribution in [3.63, 3.8) is 0 Å². The van der Waals surface area contributed by atoms with Crippen LogP contribution in [0.1, 0.15) is 23.3 Å². The number of anilines is 3. The molecule has 7 heteroatoms. The molecule has 0 spiro atoms. The number of benzene rings is 1. The Balaban J connectivity index is 1.38. The number of carbonyl (C=O) groups is 1. The standard InChI is InChI=1S/C19H23N5O2/c25-19(17-13-21-18(14-20-17)24-9-11-26-12-10-24)22-15-3-5-16(6-4-15)23-7-1-2-8-23/h3-6,13-14H,1-2,7-12H2,(H,22,25). The predicted octanol–water partition coefficient (Wildman–Crippen LogP) is 2.17. The van der Waals surface area contributed by atoms with Gasteiger partial charge >= 0.3 is 0 Å². The zero-order valence-electron chi connectivity index (χ0n) is 14.7. The average Bonchev–Trinajstić information content (AvgIpc) is 3.24. The summed E-state index contributed by atoms with van der Waals surface area (Å²) in [5.74, 6) is 0.528. The van der Waals surface area contributed by atoms with Crippen molar-refractivity contribution in [2.24, 2.45) is 0 Å². The van der Waals surface area contributed by atoms with Crippen molar-refractivity contribution in [3.05, 3.63) is 42.4 Å². The quantitative estimate of drug-likeness (QED) is 0.908. The zero-order chi connectivity index (χ0) is 17.8. The van der Waals surface area contributed by atoms with Crippen molar-refractivity contribution < 1.29 is 9.53 Å². The molecule has 0 radical (unpaired) electrons. The molecule has 136 valence electrons. The van der Waals surface area contributed by atoms with Gasteiger partial charge in [0.15, 0.2) is 0 Å². The van der Waals surface area contributed by atoms with Crippen molar-refractivity contribution in [1.29, 1.82) is 0 Å². The van der Waals surface area contributed by atoms with E-state index in [9.17, 15) is 4.79 Å². The molecule has 3 heterocycles. The minimum absolute atomic E-state index is 0.250. The van der Waals surface area contributed by atoms with Crippen LogP contribution in [0.15, 0.2) is 36.7 Å². The number of carbonyl (C=O) groups excluding carboxylic acids is 1. The van der Waals surface area contributed by atoms with E-state index in [1.54, 1.807) is 6.20 Å². The molecule has 4 rings (SSSR count). The Morgan fingerprint density at radius 3 is 2.31 bits per heavy atom. The Morgan fingerprint density at radius 1 is 0.923 bits per heavy atom. The molecule has 2 aliphatic heterocycles. The highest BCUT2D eigenvalue weighted by atomic mass is 16.5. The van der Waals surface area contributed by atoms with E-state index in [1.165, 1.54) is 24.7 Å². The fourth-order valence-corrected chi connectivity index (χ4v) is 3.32. The van der Waals surface area contributed by atoms with Crippen LogP contribution in [0.2, 0.25) is 0 Å². The lowest BCUT2D eigenvalue weighted by Crippen LogP contribution is -2.36. The summed E-state index contributed by atoms with van der Waals surface area (Å²) in [4.78, 5) is 25.5. The Bertz CT molecular complexity index is 736. The highest BCUT2D eigenvalue weighted by Crippen LogP contribution is 2.22. The SMILES string of the molecule is O=C(Nc1ccc(N2CCCC2)cc1)c1cnc(N2CCOCC2)cn1. The van der Waals surface area contributed by atoms with Crippen LogP contribution in [-0.2, 0) is 4.74 Å². The number of nitrogens with zero attached hydrogens (tertiary/aromatic N) is 4. The summed E-state index contributed by atoms with van der Waals surface area (Å²) in [6.45, 7) is 5.19. The van der Waals surface area contributed by atoms with Crippen LogP contribution in [-0.4, -0.2) is 55.3 Å². The number of aromatic nitrogens is 2. The molecule has 0 bridgehead atoms. The minimum Gasteiger partial charge on any atom is -0.378 e. The number of hydrogen-bond donors (Lipinski definition) is 1. The number of ether oxygens (including phenoxy) is 1. The summed E-state index contributed by atoms with van der Waals surface area (Å²) in [5.41, 5.74) is 2.28. The first-order valence-corrected chi connectivity index (χ1v) is 9.11. The Labute approximate surface area is 153 Å². The smallest absolute Gasteiger partial charge is 0.275 e. The van der Waals surface area contributed by atoms with Crippen molar-refractivity contribution in [2.75, 3.05) is 54.5 Å². The minimum atomic E-state index is -0.250. The molecule has 2 aliphatic rings. The van der Waals surface area contributed by atoms with Gasteiger partial charge in [-0.2, -0.15) is 0 Å². The van der Waals surface area contributed by atoms with Gasteiger partial charge in [0.25, 0.3) is 5.91 Å². The van der Waals surface area contributed by atoms with E-state index < -0.39 is 0 Å². The molecule has 2 aromatic rings. The van der Waals surface area contributed by atoms with E-state index in [0.717, 1.165) is 37.7 Å². The molecule has 1 amide bonds. The van der Waals surface area contributed by atoms with Gasteiger partial charge in [0.2, 0.25) is 0 Å². The molecule has 2 fully saturated rings. The van der Waals surface area contributed by atoms with Crippen LogP contribution >= 0.6 is 0 Å². The molecular weight excluding hydrogens is 330 g/mol. The van der Waals surface area contributed by atoms with Crippen LogP contribution in [0.5, 0.6) is 0 Å². The Kier molecular flexibility index (Phi) is 4.97. The van der Waals surface area contributed by atoms with Crippen LogP contribution in [0.25, 0.3) is 0 Å². The second-order valence-electron chi connectivity index (χ2n) is 6.55. The van der Waals surface area contributed by atoms with Crippen molar-refractivity contribution >= 4 is 23.1 Å². The van der Waals surface area contributed by atoms with Crippen LogP contribution in [0, 0.1) is 0 Å². The summed E-state index contributed by atoms with van der Waals surface area (Å²) in [6, 6.07) is 7.96. The van der Waals surface area contributed by atoms with Crippen molar-refractivity contribution in [1.82, 2.24) is 9.97 Å². The van der Waals surface area contributed by atoms with Gasteiger partial charge < -0.3 is 19.9 Å². The topological polar surface area (TPSA) is 70.6 Å². The van der Waals surface area contributed by atoms with E-state index in [4.69, 9.17) is 4.74 Å². The van der Waals surface area contributed by atoms with Gasteiger partial charge in [0.05, 0.1) is 25.6 Å². The first-order valence-electron chi connectivity index (χ1n) is 9.11. The molecule has 1 aromatic heterocycles. The molecule has 26 heavy (non-hydrogen) atoms. The number of morpholine rings is 1. The monoisotopic (exact) mass is 353 g/mol. The lowest BCUT2D eigenvalue weighted by molar-refractivity contribution is 0.102. The molecule has 2 saturated heterocycles. The van der Waals surface area contributed by atoms with Crippen molar-refractivity contribution in [3.8, 4) is 0 Å². The normalized spacial score (nSPS) is 17.4. The summed E-state index contributed by atoms with van der Waals surface area (Å²) in [5, 5.41) is 2.88. The average molecular weight is 353 g/mol. The van der Waals surface area contributed by atoms with Gasteiger partial charge in [-0.05, 0) is 37.1 Å². The van der Waals surface area contributed by atoms with Gasteiger partial charge in [-0.25, -0.2) is 9.97 Å². The number of rotatable bonds is 4. The van der Waals surface area contributed by atoms with E-state index in [2.05, 4.69) is 25.1 Å². The van der Waals surface area contributed by atoms with E-state index in [1.807, 2.05) is 24.3 Å². The largest absolute Gasteiger partial charge is 0.378 e. The molecule has 1 N–H and O–H groups in total. The maximum atomic E-state index is 12.4. The fraction of sp³-hybridized carbons (Fsp3) is 0.421. The van der Waals surface area contributed by atoms with Gasteiger partial charge in [-0.3, -0.25) is 4.79 Å². The summed E-state index contributed by atoms with van der Waals surface area (Å²) in [6.07, 6.45) is 5.67. The summed E-state index contributed by atoms with van der Waals surface area (Å²) in [7, 11) is 0. The van der Waals surface area contributed by atoms with Crippen LogP contribution in [0.4, 0.5) is 17.2 Å². The third-order valence-corrected chi connectivity index (χ3v) is 4.80. The molecular formula is C19H23N5O2. The van der Waals surface area contributed by atoms with Gasteiger partial charge in [-0.15, -0.1) is 0 Å². The Hall–Kier alpha value is -2.67. The second-order valence-corrected chi connectivity index (χ2v) is 6.55. The number of nitrogens with one attached hydrogen (secondary N) is 1.